The van der Waals surface area contributed by atoms with E-state index in [1.165, 1.54) is 17.7 Å². The van der Waals surface area contributed by atoms with Gasteiger partial charge in [-0.15, -0.1) is 0 Å². The molecule has 0 aliphatic carbocycles. The van der Waals surface area contributed by atoms with Gasteiger partial charge in [-0.2, -0.15) is 0 Å². The van der Waals surface area contributed by atoms with E-state index in [1.54, 1.807) is 6.20 Å². The summed E-state index contributed by atoms with van der Waals surface area (Å²) in [6.45, 7) is 1.66. The number of hydrogen-bond acceptors (Lipinski definition) is 5. The van der Waals surface area contributed by atoms with Gasteiger partial charge >= 0.3 is 5.97 Å². The number of aromatic nitrogens is 2. The maximum Gasteiger partial charge on any atom is 0.311 e. The third kappa shape index (κ3) is 5.10. The average Bonchev–Trinajstić information content (AvgIpc) is 3.23. The number of ether oxygens (including phenoxy) is 1. The predicted octanol–water partition coefficient (Wildman–Crippen LogP) is 4.52. The number of hydrogen-bond donors (Lipinski definition) is 2. The van der Waals surface area contributed by atoms with Gasteiger partial charge < -0.3 is 15.2 Å². The molecule has 30 heavy (non-hydrogen) atoms. The lowest BCUT2D eigenvalue weighted by Gasteiger charge is -2.17. The lowest BCUT2D eigenvalue weighted by molar-refractivity contribution is -0.139. The maximum atomic E-state index is 11.8. The number of unbranched alkanes of at least 4 members (excludes halogenated alkanes) is 4. The fraction of sp³-hybridized carbons (Fsp3) is 0.542. The number of anilines is 1. The van der Waals surface area contributed by atoms with Gasteiger partial charge in [-0.25, -0.2) is 9.97 Å². The first-order chi connectivity index (χ1) is 14.7. The molecule has 0 fully saturated rings. The standard InChI is InChI=1S/C24H31N3O3/c28-24(29)21(19-15-18-12-14-30-23(18)26-16-19)9-5-3-1-2-4-8-20-11-10-17-7-6-13-25-22(17)27-20/h10-11,15-16,21H,1-9,12-14H2,(H,25,27)(H,28,29)/t21-/m1/s1. The minimum absolute atomic E-state index is 0.476. The summed E-state index contributed by atoms with van der Waals surface area (Å²) in [5.74, 6) is 0.497. The molecular formula is C24H31N3O3. The molecule has 2 aliphatic heterocycles. The largest absolute Gasteiger partial charge is 0.481 e. The molecular weight excluding hydrogens is 378 g/mol. The van der Waals surface area contributed by atoms with Crippen LogP contribution in [0.25, 0.3) is 0 Å². The molecule has 0 aromatic carbocycles. The molecule has 0 radical (unpaired) electrons. The molecule has 4 rings (SSSR count). The van der Waals surface area contributed by atoms with Crippen molar-refractivity contribution in [3.05, 3.63) is 46.8 Å². The van der Waals surface area contributed by atoms with E-state index in [4.69, 9.17) is 9.72 Å². The Morgan fingerprint density at radius 3 is 2.90 bits per heavy atom. The first-order valence-corrected chi connectivity index (χ1v) is 11.3. The Hall–Kier alpha value is -2.63. The van der Waals surface area contributed by atoms with Gasteiger partial charge in [0.05, 0.1) is 12.5 Å². The number of nitrogens with zero attached hydrogens (tertiary/aromatic N) is 2. The number of nitrogens with one attached hydrogen (secondary N) is 1. The summed E-state index contributed by atoms with van der Waals surface area (Å²) < 4.78 is 5.42. The van der Waals surface area contributed by atoms with Crippen LogP contribution in [0.3, 0.4) is 0 Å². The van der Waals surface area contributed by atoms with Crippen molar-refractivity contribution in [2.45, 2.75) is 70.1 Å². The van der Waals surface area contributed by atoms with Gasteiger partial charge in [-0.3, -0.25) is 4.79 Å². The number of rotatable bonds is 10. The lowest BCUT2D eigenvalue weighted by Crippen LogP contribution is -2.14. The summed E-state index contributed by atoms with van der Waals surface area (Å²) in [5, 5.41) is 13.1. The summed E-state index contributed by atoms with van der Waals surface area (Å²) in [4.78, 5) is 20.8. The van der Waals surface area contributed by atoms with Crippen molar-refractivity contribution >= 4 is 11.8 Å². The van der Waals surface area contributed by atoms with Crippen LogP contribution in [0.15, 0.2) is 24.4 Å². The second-order valence-corrected chi connectivity index (χ2v) is 8.37. The molecule has 2 aromatic rings. The molecule has 0 unspecified atom stereocenters. The van der Waals surface area contributed by atoms with Crippen LogP contribution in [0.4, 0.5) is 5.82 Å². The van der Waals surface area contributed by atoms with E-state index >= 15 is 0 Å². The van der Waals surface area contributed by atoms with Gasteiger partial charge in [0.2, 0.25) is 5.88 Å². The van der Waals surface area contributed by atoms with Crippen molar-refractivity contribution in [2.75, 3.05) is 18.5 Å². The van der Waals surface area contributed by atoms with Gasteiger partial charge in [-0.05, 0) is 55.4 Å². The molecule has 2 aliphatic rings. The Labute approximate surface area is 178 Å². The third-order valence-corrected chi connectivity index (χ3v) is 6.13. The van der Waals surface area contributed by atoms with Crippen LogP contribution in [-0.4, -0.2) is 34.2 Å². The number of carboxylic acid groups (broad SMARTS) is 1. The summed E-state index contributed by atoms with van der Waals surface area (Å²) >= 11 is 0. The molecule has 0 spiro atoms. The molecule has 4 heterocycles. The van der Waals surface area contributed by atoms with Crippen molar-refractivity contribution < 1.29 is 14.6 Å². The average molecular weight is 410 g/mol. The molecule has 0 bridgehead atoms. The predicted molar refractivity (Wildman–Crippen MR) is 116 cm³/mol. The second-order valence-electron chi connectivity index (χ2n) is 8.37. The van der Waals surface area contributed by atoms with Crippen LogP contribution < -0.4 is 10.1 Å². The van der Waals surface area contributed by atoms with Crippen molar-refractivity contribution in [1.29, 1.82) is 0 Å². The van der Waals surface area contributed by atoms with E-state index in [-0.39, 0.29) is 0 Å². The number of carboxylic acids is 1. The van der Waals surface area contributed by atoms with Crippen LogP contribution in [-0.2, 0) is 24.1 Å². The smallest absolute Gasteiger partial charge is 0.311 e. The fourth-order valence-electron chi connectivity index (χ4n) is 4.40. The zero-order valence-electron chi connectivity index (χ0n) is 17.5. The lowest BCUT2D eigenvalue weighted by atomic mass is 9.93. The topological polar surface area (TPSA) is 84.3 Å². The minimum Gasteiger partial charge on any atom is -0.481 e. The molecule has 0 saturated heterocycles. The Morgan fingerprint density at radius 1 is 1.13 bits per heavy atom. The first kappa shape index (κ1) is 20.6. The van der Waals surface area contributed by atoms with Gasteiger partial charge in [0, 0.05) is 30.4 Å². The molecule has 2 N–H and O–H groups in total. The maximum absolute atomic E-state index is 11.8. The second kappa shape index (κ2) is 9.92. The summed E-state index contributed by atoms with van der Waals surface area (Å²) in [6.07, 6.45) is 11.9. The van der Waals surface area contributed by atoms with Crippen LogP contribution >= 0.6 is 0 Å². The summed E-state index contributed by atoms with van der Waals surface area (Å²) in [7, 11) is 0. The molecule has 1 atom stereocenters. The first-order valence-electron chi connectivity index (χ1n) is 11.3. The van der Waals surface area contributed by atoms with E-state index in [0.717, 1.165) is 74.9 Å². The Balaban J connectivity index is 1.17. The normalized spacial score (nSPS) is 15.6. The molecule has 160 valence electrons. The molecule has 6 heteroatoms. The fourth-order valence-corrected chi connectivity index (χ4v) is 4.40. The van der Waals surface area contributed by atoms with Gasteiger partial charge in [0.15, 0.2) is 0 Å². The molecule has 6 nitrogen and oxygen atoms in total. The highest BCUT2D eigenvalue weighted by molar-refractivity contribution is 5.76. The van der Waals surface area contributed by atoms with Crippen LogP contribution in [0.1, 0.15) is 73.2 Å². The Bertz CT molecular complexity index is 884. The highest BCUT2D eigenvalue weighted by atomic mass is 16.5. The van der Waals surface area contributed by atoms with E-state index in [0.29, 0.717) is 18.9 Å². The zero-order valence-corrected chi connectivity index (χ0v) is 17.5. The van der Waals surface area contributed by atoms with Crippen LogP contribution in [0, 0.1) is 0 Å². The van der Waals surface area contributed by atoms with Crippen molar-refractivity contribution in [3.8, 4) is 5.88 Å². The van der Waals surface area contributed by atoms with Crippen molar-refractivity contribution in [2.24, 2.45) is 0 Å². The Kier molecular flexibility index (Phi) is 6.82. The van der Waals surface area contributed by atoms with Crippen molar-refractivity contribution in [3.63, 3.8) is 0 Å². The number of aliphatic carboxylic acids is 1. The molecule has 0 amide bonds. The van der Waals surface area contributed by atoms with E-state index in [1.807, 2.05) is 6.07 Å². The van der Waals surface area contributed by atoms with Crippen LogP contribution in [0.2, 0.25) is 0 Å². The SMILES string of the molecule is O=C(O)[C@H](CCCCCCCc1ccc2c(n1)NCCC2)c1cnc2c(c1)CCO2. The van der Waals surface area contributed by atoms with Crippen molar-refractivity contribution in [1.82, 2.24) is 9.97 Å². The zero-order chi connectivity index (χ0) is 20.8. The number of fused-ring (bicyclic) bond motifs is 2. The summed E-state index contributed by atoms with van der Waals surface area (Å²) in [5.41, 5.74) is 4.34. The number of pyridine rings is 2. The van der Waals surface area contributed by atoms with Gasteiger partial charge in [0.25, 0.3) is 0 Å². The van der Waals surface area contributed by atoms with Crippen LogP contribution in [0.5, 0.6) is 5.88 Å². The monoisotopic (exact) mass is 409 g/mol. The highest BCUT2D eigenvalue weighted by Gasteiger charge is 2.23. The molecule has 0 saturated carbocycles. The quantitative estimate of drug-likeness (QED) is 0.561. The van der Waals surface area contributed by atoms with E-state index in [9.17, 15) is 9.90 Å². The number of carbonyl (C=O) groups is 1. The molecule has 2 aromatic heterocycles. The van der Waals surface area contributed by atoms with Gasteiger partial charge in [-0.1, -0.05) is 31.7 Å². The van der Waals surface area contributed by atoms with E-state index < -0.39 is 11.9 Å². The van der Waals surface area contributed by atoms with Gasteiger partial charge in [0.1, 0.15) is 5.82 Å². The number of aryl methyl sites for hydroxylation is 2. The third-order valence-electron chi connectivity index (χ3n) is 6.13. The highest BCUT2D eigenvalue weighted by Crippen LogP contribution is 2.29. The summed E-state index contributed by atoms with van der Waals surface area (Å²) in [6, 6.07) is 6.35. The van der Waals surface area contributed by atoms with E-state index in [2.05, 4.69) is 22.4 Å². The minimum atomic E-state index is -0.761. The Morgan fingerprint density at radius 2 is 2.00 bits per heavy atom.